The fourth-order valence-electron chi connectivity index (χ4n) is 8.35. The van der Waals surface area contributed by atoms with Gasteiger partial charge in [-0.15, -0.1) is 0 Å². The van der Waals surface area contributed by atoms with Crippen LogP contribution in [0.1, 0.15) is 152 Å². The van der Waals surface area contributed by atoms with Gasteiger partial charge in [0, 0.05) is 32.8 Å². The maximum Gasteiger partial charge on any atom is 0.178 e. The van der Waals surface area contributed by atoms with Crippen LogP contribution in [0.2, 0.25) is 0 Å². The second-order valence-electron chi connectivity index (χ2n) is 18.1. The average molecular weight is 961 g/mol. The molecule has 0 fully saturated rings. The molecule has 0 aliphatic heterocycles. The molecule has 72 heavy (non-hydrogen) atoms. The molecule has 6 nitrogen and oxygen atoms in total. The molecule has 7 aromatic carbocycles. The molecule has 0 amide bonds. The van der Waals surface area contributed by atoms with Gasteiger partial charge in [0.05, 0.1) is 56.3 Å². The first-order chi connectivity index (χ1) is 35.5. The van der Waals surface area contributed by atoms with E-state index in [9.17, 15) is 0 Å². The van der Waals surface area contributed by atoms with Gasteiger partial charge in [-0.2, -0.15) is 0 Å². The van der Waals surface area contributed by atoms with Crippen molar-refractivity contribution in [3.63, 3.8) is 0 Å². The van der Waals surface area contributed by atoms with E-state index in [2.05, 4.69) is 95.3 Å². The third kappa shape index (κ3) is 13.4. The van der Waals surface area contributed by atoms with Crippen molar-refractivity contribution >= 4 is 32.3 Å². The third-order valence-electron chi connectivity index (χ3n) is 12.4. The van der Waals surface area contributed by atoms with Crippen LogP contribution < -0.4 is 28.4 Å². The van der Waals surface area contributed by atoms with Gasteiger partial charge in [-0.1, -0.05) is 170 Å². The summed E-state index contributed by atoms with van der Waals surface area (Å²) in [4.78, 5) is 0. The molecular formula is C66H72O6. The molecule has 0 heterocycles. The van der Waals surface area contributed by atoms with Crippen LogP contribution >= 0.6 is 0 Å². The Labute approximate surface area is 429 Å². The highest BCUT2D eigenvalue weighted by atomic mass is 16.5. The van der Waals surface area contributed by atoms with Gasteiger partial charge in [0.2, 0.25) is 0 Å². The number of hydrogen-bond acceptors (Lipinski definition) is 6. The fourth-order valence-corrected chi connectivity index (χ4v) is 8.35. The van der Waals surface area contributed by atoms with Crippen LogP contribution in [0.5, 0.6) is 34.5 Å². The van der Waals surface area contributed by atoms with E-state index in [-0.39, 0.29) is 0 Å². The van der Waals surface area contributed by atoms with Gasteiger partial charge in [0.25, 0.3) is 0 Å². The lowest BCUT2D eigenvalue weighted by atomic mass is 9.85. The molecule has 0 aliphatic carbocycles. The number of rotatable bonds is 24. The topological polar surface area (TPSA) is 55.4 Å². The summed E-state index contributed by atoms with van der Waals surface area (Å²) >= 11 is 0. The Morgan fingerprint density at radius 2 is 0.583 bits per heavy atom. The van der Waals surface area contributed by atoms with Crippen LogP contribution in [0, 0.1) is 35.5 Å². The molecule has 0 atom stereocenters. The van der Waals surface area contributed by atoms with Crippen molar-refractivity contribution in [3.8, 4) is 70.0 Å². The molecule has 7 rings (SSSR count). The number of unbranched alkanes of at least 4 members (excludes halogenated alkanes) is 6. The number of benzene rings is 7. The van der Waals surface area contributed by atoms with Crippen LogP contribution in [0.25, 0.3) is 32.3 Å². The summed E-state index contributed by atoms with van der Waals surface area (Å²) in [5, 5.41) is 5.30. The number of fused-ring (bicyclic) bond motifs is 6. The van der Waals surface area contributed by atoms with E-state index in [0.29, 0.717) is 85.3 Å². The Morgan fingerprint density at radius 1 is 0.292 bits per heavy atom. The lowest BCUT2D eigenvalue weighted by Gasteiger charge is -2.24. The largest absolute Gasteiger partial charge is 0.490 e. The molecule has 7 aromatic rings. The van der Waals surface area contributed by atoms with Gasteiger partial charge < -0.3 is 28.4 Å². The zero-order chi connectivity index (χ0) is 50.3. The Bertz CT molecular complexity index is 3050. The quantitative estimate of drug-likeness (QED) is 0.0342. The summed E-state index contributed by atoms with van der Waals surface area (Å²) in [6.07, 6.45) is 11.0. The Morgan fingerprint density at radius 3 is 0.958 bits per heavy atom. The van der Waals surface area contributed by atoms with Crippen molar-refractivity contribution in [1.29, 1.82) is 0 Å². The molecule has 0 spiro atoms. The van der Waals surface area contributed by atoms with E-state index >= 15 is 0 Å². The van der Waals surface area contributed by atoms with Crippen LogP contribution in [0.15, 0.2) is 109 Å². The molecule has 0 aromatic heterocycles. The predicted octanol–water partition coefficient (Wildman–Crippen LogP) is 16.4. The van der Waals surface area contributed by atoms with Crippen molar-refractivity contribution < 1.29 is 28.4 Å². The van der Waals surface area contributed by atoms with E-state index in [1.165, 1.54) is 0 Å². The summed E-state index contributed by atoms with van der Waals surface area (Å²) in [6, 6.07) is 36.8. The second kappa shape index (κ2) is 28.0. The predicted molar refractivity (Wildman–Crippen MR) is 299 cm³/mol. The van der Waals surface area contributed by atoms with Crippen molar-refractivity contribution in [2.45, 2.75) is 119 Å². The van der Waals surface area contributed by atoms with Gasteiger partial charge in [0.15, 0.2) is 34.5 Å². The Kier molecular flexibility index (Phi) is 20.5. The van der Waals surface area contributed by atoms with Gasteiger partial charge in [-0.3, -0.25) is 0 Å². The fraction of sp³-hybridized carbons (Fsp3) is 0.364. The van der Waals surface area contributed by atoms with Crippen molar-refractivity contribution in [2.24, 2.45) is 0 Å². The highest BCUT2D eigenvalue weighted by Crippen LogP contribution is 2.52. The van der Waals surface area contributed by atoms with Crippen molar-refractivity contribution in [2.75, 3.05) is 39.6 Å². The van der Waals surface area contributed by atoms with E-state index < -0.39 is 0 Å². The van der Waals surface area contributed by atoms with Crippen molar-refractivity contribution in [1.82, 2.24) is 0 Å². The second-order valence-corrected chi connectivity index (χ2v) is 18.1. The first kappa shape index (κ1) is 52.6. The first-order valence-corrected chi connectivity index (χ1v) is 26.7. The maximum absolute atomic E-state index is 7.06. The molecule has 372 valence electrons. The van der Waals surface area contributed by atoms with Gasteiger partial charge >= 0.3 is 0 Å². The summed E-state index contributed by atoms with van der Waals surface area (Å²) in [5.41, 5.74) is 4.78. The summed E-state index contributed by atoms with van der Waals surface area (Å²) in [6.45, 7) is 16.1. The van der Waals surface area contributed by atoms with Gasteiger partial charge in [-0.05, 0) is 109 Å². The lowest BCUT2D eigenvalue weighted by molar-refractivity contribution is 0.261. The van der Waals surface area contributed by atoms with E-state index in [4.69, 9.17) is 28.4 Å². The normalized spacial score (nSPS) is 10.8. The molecule has 0 bridgehead atoms. The minimum absolute atomic E-state index is 0.464. The summed E-state index contributed by atoms with van der Waals surface area (Å²) in [5.74, 6) is 25.6. The lowest BCUT2D eigenvalue weighted by Crippen LogP contribution is -2.08. The molecule has 0 radical (unpaired) electrons. The highest BCUT2D eigenvalue weighted by molar-refractivity contribution is 6.31. The molecular weight excluding hydrogens is 889 g/mol. The smallest absolute Gasteiger partial charge is 0.178 e. The van der Waals surface area contributed by atoms with Gasteiger partial charge in [0.1, 0.15) is 0 Å². The molecule has 0 aliphatic rings. The molecule has 0 saturated heterocycles. The molecule has 0 saturated carbocycles. The average Bonchev–Trinajstić information content (AvgIpc) is 3.41. The zero-order valence-electron chi connectivity index (χ0n) is 43.6. The minimum atomic E-state index is 0.464. The minimum Gasteiger partial charge on any atom is -0.490 e. The molecule has 6 heteroatoms. The van der Waals surface area contributed by atoms with E-state index in [0.717, 1.165) is 132 Å². The van der Waals surface area contributed by atoms with E-state index in [1.54, 1.807) is 0 Å². The van der Waals surface area contributed by atoms with Crippen LogP contribution in [-0.2, 0) is 0 Å². The number of hydrogen-bond donors (Lipinski definition) is 0. The monoisotopic (exact) mass is 961 g/mol. The third-order valence-corrected chi connectivity index (χ3v) is 12.4. The first-order valence-electron chi connectivity index (χ1n) is 26.7. The molecule has 0 unspecified atom stereocenters. The molecule has 0 N–H and O–H groups in total. The SMILES string of the molecule is CCCCOc1cc2c(cc1OCCCC)c1c(C#Cc3ccccc3)c(OCCCC)c(OCCCC)c(C#Cc3ccccc3)c1c1cc(OCCCC)c(OCCCC)c(C#Cc3ccccc3)c21. The van der Waals surface area contributed by atoms with Crippen LogP contribution in [-0.4, -0.2) is 39.6 Å². The summed E-state index contributed by atoms with van der Waals surface area (Å²) < 4.78 is 41.4. The number of ether oxygens (including phenoxy) is 6. The maximum atomic E-state index is 7.06. The van der Waals surface area contributed by atoms with Crippen LogP contribution in [0.3, 0.4) is 0 Å². The van der Waals surface area contributed by atoms with Gasteiger partial charge in [-0.25, -0.2) is 0 Å². The standard InChI is InChI=1S/C66H72O6/c1-7-13-40-67-58-46-55-56(47-59(58)68-41-14-8-2)62-53(38-35-50-30-24-20-25-31-50)65(71-44-17-11-5)66(72-45-18-12-6)54(39-36-51-32-26-21-27-33-51)63(62)57-48-60(69-42-15-9-3)64(70-43-16-10-4)52(61(55)57)37-34-49-28-22-19-23-29-49/h19-33,46-48H,7-18,40-45H2,1-6H3. The Hall–Kier alpha value is -7.20. The Balaban J connectivity index is 1.82. The summed E-state index contributed by atoms with van der Waals surface area (Å²) in [7, 11) is 0. The van der Waals surface area contributed by atoms with E-state index in [1.807, 2.05) is 91.0 Å². The van der Waals surface area contributed by atoms with Crippen molar-refractivity contribution in [3.05, 3.63) is 143 Å². The zero-order valence-corrected chi connectivity index (χ0v) is 43.6. The highest BCUT2D eigenvalue weighted by Gasteiger charge is 2.29. The van der Waals surface area contributed by atoms with Crippen LogP contribution in [0.4, 0.5) is 0 Å².